The minimum Gasteiger partial charge on any atom is -0.438 e. The van der Waals surface area contributed by atoms with E-state index >= 15 is 0 Å². The highest BCUT2D eigenvalue weighted by atomic mass is 32.2. The van der Waals surface area contributed by atoms with Crippen LogP contribution in [-0.4, -0.2) is 44.9 Å². The number of anilines is 1. The minimum absolute atomic E-state index is 0.140. The second-order valence-electron chi connectivity index (χ2n) is 4.86. The Bertz CT molecular complexity index is 888. The third kappa shape index (κ3) is 3.20. The van der Waals surface area contributed by atoms with Crippen LogP contribution in [0.2, 0.25) is 0 Å². The van der Waals surface area contributed by atoms with Gasteiger partial charge < -0.3 is 14.5 Å². The average molecular weight is 367 g/mol. The van der Waals surface area contributed by atoms with Gasteiger partial charge in [-0.3, -0.25) is 4.79 Å². The van der Waals surface area contributed by atoms with Crippen LogP contribution in [0.4, 0.5) is 5.00 Å². The zero-order chi connectivity index (χ0) is 17.2. The monoisotopic (exact) mass is 367 g/mol. The van der Waals surface area contributed by atoms with Crippen LogP contribution in [-0.2, 0) is 14.8 Å². The van der Waals surface area contributed by atoms with Gasteiger partial charge in [0.15, 0.2) is 5.76 Å². The van der Waals surface area contributed by atoms with Crippen LogP contribution in [0, 0.1) is 11.3 Å². The number of furan rings is 1. The van der Waals surface area contributed by atoms with Crippen LogP contribution in [0.15, 0.2) is 33.1 Å². The number of nitriles is 1. The summed E-state index contributed by atoms with van der Waals surface area (Å²) in [7, 11) is -3.79. The van der Waals surface area contributed by atoms with Gasteiger partial charge in [-0.2, -0.15) is 9.57 Å². The Labute approximate surface area is 142 Å². The van der Waals surface area contributed by atoms with Crippen LogP contribution in [0.25, 0.3) is 0 Å². The molecule has 2 aromatic rings. The van der Waals surface area contributed by atoms with Crippen molar-refractivity contribution in [3.63, 3.8) is 0 Å². The molecular formula is C14H13N3O5S2. The van der Waals surface area contributed by atoms with Gasteiger partial charge in [0.2, 0.25) is 5.09 Å². The first kappa shape index (κ1) is 16.7. The molecule has 1 aliphatic heterocycles. The Balaban J connectivity index is 1.77. The maximum atomic E-state index is 12.4. The van der Waals surface area contributed by atoms with E-state index in [1.165, 1.54) is 27.8 Å². The largest absolute Gasteiger partial charge is 0.438 e. The van der Waals surface area contributed by atoms with Gasteiger partial charge in [0, 0.05) is 13.1 Å². The lowest BCUT2D eigenvalue weighted by atomic mass is 10.3. The minimum atomic E-state index is -3.79. The SMILES string of the molecule is N#Cc1ccsc1NC(=O)c1ccc(S(=O)(=O)N2CCOCC2)o1. The summed E-state index contributed by atoms with van der Waals surface area (Å²) in [5, 5.41) is 13.2. The molecule has 0 aliphatic carbocycles. The standard InChI is InChI=1S/C14H13N3O5S2/c15-9-10-3-8-23-14(10)16-13(18)11-1-2-12(22-11)24(19,20)17-4-6-21-7-5-17/h1-3,8H,4-7H2,(H,16,18). The quantitative estimate of drug-likeness (QED) is 0.876. The number of nitrogens with one attached hydrogen (secondary N) is 1. The Hall–Kier alpha value is -2.19. The van der Waals surface area contributed by atoms with E-state index in [1.54, 1.807) is 11.4 Å². The third-order valence-electron chi connectivity index (χ3n) is 3.38. The molecule has 1 N–H and O–H groups in total. The van der Waals surface area contributed by atoms with Gasteiger partial charge in [-0.15, -0.1) is 11.3 Å². The van der Waals surface area contributed by atoms with Crippen LogP contribution < -0.4 is 5.32 Å². The molecule has 0 aromatic carbocycles. The van der Waals surface area contributed by atoms with Gasteiger partial charge in [0.05, 0.1) is 18.8 Å². The maximum absolute atomic E-state index is 12.4. The lowest BCUT2D eigenvalue weighted by Crippen LogP contribution is -2.40. The van der Waals surface area contributed by atoms with Crippen molar-refractivity contribution in [2.45, 2.75) is 5.09 Å². The summed E-state index contributed by atoms with van der Waals surface area (Å²) in [6, 6.07) is 6.08. The third-order valence-corrected chi connectivity index (χ3v) is 5.98. The fourth-order valence-corrected chi connectivity index (χ4v) is 4.21. The lowest BCUT2D eigenvalue weighted by molar-refractivity contribution is 0.0723. The molecule has 1 aliphatic rings. The Kier molecular flexibility index (Phi) is 4.68. The van der Waals surface area contributed by atoms with Crippen molar-refractivity contribution < 1.29 is 22.4 Å². The molecule has 0 radical (unpaired) electrons. The number of hydrogen-bond donors (Lipinski definition) is 1. The lowest BCUT2D eigenvalue weighted by Gasteiger charge is -2.24. The number of nitrogens with zero attached hydrogens (tertiary/aromatic N) is 2. The van der Waals surface area contributed by atoms with E-state index in [4.69, 9.17) is 14.4 Å². The molecule has 0 unspecified atom stereocenters. The molecule has 0 saturated carbocycles. The van der Waals surface area contributed by atoms with E-state index in [0.29, 0.717) is 23.8 Å². The number of sulfonamides is 1. The highest BCUT2D eigenvalue weighted by Gasteiger charge is 2.30. The Morgan fingerprint density at radius 2 is 2.04 bits per heavy atom. The number of thiophene rings is 1. The number of hydrogen-bond acceptors (Lipinski definition) is 7. The van der Waals surface area contributed by atoms with Crippen molar-refractivity contribution in [1.29, 1.82) is 5.26 Å². The smallest absolute Gasteiger partial charge is 0.292 e. The predicted octanol–water partition coefficient (Wildman–Crippen LogP) is 1.49. The number of rotatable bonds is 4. The van der Waals surface area contributed by atoms with Gasteiger partial charge in [0.25, 0.3) is 15.9 Å². The van der Waals surface area contributed by atoms with Crippen LogP contribution in [0.5, 0.6) is 0 Å². The molecule has 1 amide bonds. The van der Waals surface area contributed by atoms with E-state index in [9.17, 15) is 13.2 Å². The van der Waals surface area contributed by atoms with Crippen molar-refractivity contribution in [3.8, 4) is 6.07 Å². The van der Waals surface area contributed by atoms with Gasteiger partial charge in [-0.1, -0.05) is 0 Å². The van der Waals surface area contributed by atoms with E-state index in [1.807, 2.05) is 6.07 Å². The van der Waals surface area contributed by atoms with Gasteiger partial charge in [0.1, 0.15) is 11.1 Å². The van der Waals surface area contributed by atoms with Crippen LogP contribution >= 0.6 is 11.3 Å². The summed E-state index contributed by atoms with van der Waals surface area (Å²) in [4.78, 5) is 12.2. The number of ether oxygens (including phenoxy) is 1. The fourth-order valence-electron chi connectivity index (χ4n) is 2.15. The zero-order valence-corrected chi connectivity index (χ0v) is 14.0. The molecule has 2 aromatic heterocycles. The van der Waals surface area contributed by atoms with Crippen LogP contribution in [0.1, 0.15) is 16.1 Å². The second kappa shape index (κ2) is 6.74. The summed E-state index contributed by atoms with van der Waals surface area (Å²) >= 11 is 1.20. The van der Waals surface area contributed by atoms with Gasteiger partial charge >= 0.3 is 0 Å². The normalized spacial score (nSPS) is 15.8. The molecule has 126 valence electrons. The van der Waals surface area contributed by atoms with Gasteiger partial charge in [-0.25, -0.2) is 8.42 Å². The molecule has 0 bridgehead atoms. The average Bonchev–Trinajstić information content (AvgIpc) is 3.25. The zero-order valence-electron chi connectivity index (χ0n) is 12.4. The van der Waals surface area contributed by atoms with Crippen molar-refractivity contribution in [3.05, 3.63) is 34.9 Å². The van der Waals surface area contributed by atoms with E-state index in [0.717, 1.165) is 0 Å². The Morgan fingerprint density at radius 1 is 1.29 bits per heavy atom. The molecular weight excluding hydrogens is 354 g/mol. The molecule has 10 heteroatoms. The first-order chi connectivity index (χ1) is 11.5. The fraction of sp³-hybridized carbons (Fsp3) is 0.286. The molecule has 3 heterocycles. The first-order valence-electron chi connectivity index (χ1n) is 6.99. The topological polar surface area (TPSA) is 113 Å². The summed E-state index contributed by atoms with van der Waals surface area (Å²) in [5.41, 5.74) is 0.334. The molecule has 8 nitrogen and oxygen atoms in total. The molecule has 1 saturated heterocycles. The summed E-state index contributed by atoms with van der Waals surface area (Å²) in [6.45, 7) is 1.13. The summed E-state index contributed by atoms with van der Waals surface area (Å²) in [6.07, 6.45) is 0. The summed E-state index contributed by atoms with van der Waals surface area (Å²) < 4.78 is 36.5. The molecule has 3 rings (SSSR count). The van der Waals surface area contributed by atoms with Crippen molar-refractivity contribution in [1.82, 2.24) is 4.31 Å². The van der Waals surface area contributed by atoms with Crippen molar-refractivity contribution >= 4 is 32.3 Å². The van der Waals surface area contributed by atoms with Crippen molar-refractivity contribution in [2.24, 2.45) is 0 Å². The highest BCUT2D eigenvalue weighted by molar-refractivity contribution is 7.89. The van der Waals surface area contributed by atoms with Crippen LogP contribution in [0.3, 0.4) is 0 Å². The summed E-state index contributed by atoms with van der Waals surface area (Å²) in [5.74, 6) is -0.753. The maximum Gasteiger partial charge on any atom is 0.292 e. The van der Waals surface area contributed by atoms with Gasteiger partial charge in [-0.05, 0) is 23.6 Å². The molecule has 0 spiro atoms. The first-order valence-corrected chi connectivity index (χ1v) is 9.31. The number of carbonyl (C=O) groups excluding carboxylic acids is 1. The molecule has 1 fully saturated rings. The Morgan fingerprint density at radius 3 is 2.75 bits per heavy atom. The number of carbonyl (C=O) groups is 1. The number of amides is 1. The molecule has 24 heavy (non-hydrogen) atoms. The van der Waals surface area contributed by atoms with Crippen molar-refractivity contribution in [2.75, 3.05) is 31.6 Å². The number of morpholine rings is 1. The molecule has 0 atom stereocenters. The predicted molar refractivity (Wildman–Crippen MR) is 85.3 cm³/mol. The second-order valence-corrected chi connectivity index (χ2v) is 7.65. The highest BCUT2D eigenvalue weighted by Crippen LogP contribution is 2.24. The van der Waals surface area contributed by atoms with E-state index in [2.05, 4.69) is 5.32 Å². The van der Waals surface area contributed by atoms with E-state index < -0.39 is 15.9 Å². The van der Waals surface area contributed by atoms with E-state index in [-0.39, 0.29) is 23.9 Å².